The average molecular weight is 125 g/mol. The molecule has 1 aliphatic carbocycles. The maximum Gasteiger partial charge on any atom is 0.235 e. The van der Waals surface area contributed by atoms with Crippen LogP contribution in [0.25, 0.3) is 0 Å². The molecule has 0 atom stereocenters. The fourth-order valence-electron chi connectivity index (χ4n) is 1.23. The molecule has 0 bridgehead atoms. The number of carbonyl (C=O) groups excluding carboxylic acids is 1. The summed E-state index contributed by atoms with van der Waals surface area (Å²) >= 11 is 0. The molecule has 0 saturated heterocycles. The fraction of sp³-hybridized carbons (Fsp3) is 0.857. The van der Waals surface area contributed by atoms with Crippen molar-refractivity contribution in [2.75, 3.05) is 0 Å². The first-order valence-corrected chi connectivity index (χ1v) is 3.42. The lowest BCUT2D eigenvalue weighted by molar-refractivity contribution is 0.243. The topological polar surface area (TPSA) is 29.4 Å². The highest BCUT2D eigenvalue weighted by atomic mass is 16.1. The normalized spacial score (nSPS) is 21.9. The lowest BCUT2D eigenvalue weighted by atomic mass is 9.75. The molecule has 0 aliphatic heterocycles. The van der Waals surface area contributed by atoms with Crippen LogP contribution in [0, 0.1) is 0 Å². The molecule has 0 aromatic carbocycles. The molecule has 1 aliphatic rings. The number of nitrogens with zero attached hydrogens (tertiary/aromatic N) is 1. The van der Waals surface area contributed by atoms with Crippen molar-refractivity contribution >= 4 is 6.08 Å². The molecule has 2 heteroatoms. The van der Waals surface area contributed by atoms with Gasteiger partial charge in [-0.2, -0.15) is 4.99 Å². The first-order valence-electron chi connectivity index (χ1n) is 3.42. The average Bonchev–Trinajstić information content (AvgIpc) is 1.79. The largest absolute Gasteiger partial charge is 0.235 e. The smallest absolute Gasteiger partial charge is 0.211 e. The molecule has 0 unspecified atom stereocenters. The van der Waals surface area contributed by atoms with E-state index in [0.717, 1.165) is 19.3 Å². The van der Waals surface area contributed by atoms with Crippen LogP contribution in [0.5, 0.6) is 0 Å². The number of hydrogen-bond acceptors (Lipinski definition) is 2. The minimum absolute atomic E-state index is 0.0156. The van der Waals surface area contributed by atoms with Gasteiger partial charge in [-0.15, -0.1) is 0 Å². The monoisotopic (exact) mass is 125 g/mol. The molecular formula is C7H11NO. The van der Waals surface area contributed by atoms with Crippen LogP contribution in [0.3, 0.4) is 0 Å². The third-order valence-corrected chi connectivity index (χ3v) is 2.23. The Labute approximate surface area is 55.0 Å². The molecule has 1 rings (SSSR count). The standard InChI is InChI=1S/C7H11NO/c1-2-7(8-6-9)4-3-5-7/h2-5H2,1H3. The zero-order valence-electron chi connectivity index (χ0n) is 5.68. The Balaban J connectivity index is 2.56. The quantitative estimate of drug-likeness (QED) is 0.407. The van der Waals surface area contributed by atoms with Crippen LogP contribution in [-0.2, 0) is 4.79 Å². The second-order valence-electron chi connectivity index (χ2n) is 2.63. The predicted molar refractivity (Wildman–Crippen MR) is 35.0 cm³/mol. The summed E-state index contributed by atoms with van der Waals surface area (Å²) in [7, 11) is 0. The van der Waals surface area contributed by atoms with Crippen molar-refractivity contribution in [2.45, 2.75) is 38.1 Å². The van der Waals surface area contributed by atoms with Crippen molar-refractivity contribution in [3.63, 3.8) is 0 Å². The summed E-state index contributed by atoms with van der Waals surface area (Å²) in [6, 6.07) is 0. The van der Waals surface area contributed by atoms with Crippen LogP contribution in [0.15, 0.2) is 4.99 Å². The summed E-state index contributed by atoms with van der Waals surface area (Å²) in [6.07, 6.45) is 6.01. The summed E-state index contributed by atoms with van der Waals surface area (Å²) in [5.41, 5.74) is 0.0156. The van der Waals surface area contributed by atoms with E-state index in [1.54, 1.807) is 6.08 Å². The molecule has 0 N–H and O–H groups in total. The third-order valence-electron chi connectivity index (χ3n) is 2.23. The van der Waals surface area contributed by atoms with E-state index in [4.69, 9.17) is 0 Å². The van der Waals surface area contributed by atoms with Crippen LogP contribution in [0.1, 0.15) is 32.6 Å². The first-order chi connectivity index (χ1) is 4.33. The molecule has 0 heterocycles. The zero-order valence-corrected chi connectivity index (χ0v) is 5.68. The Kier molecular flexibility index (Phi) is 1.68. The van der Waals surface area contributed by atoms with Gasteiger partial charge in [-0.25, -0.2) is 4.79 Å². The van der Waals surface area contributed by atoms with Crippen LogP contribution >= 0.6 is 0 Å². The number of aliphatic imine (C=N–C) groups is 1. The third kappa shape index (κ3) is 1.03. The molecule has 0 aromatic heterocycles. The zero-order chi connectivity index (χ0) is 6.74. The van der Waals surface area contributed by atoms with Gasteiger partial charge in [0.1, 0.15) is 0 Å². The van der Waals surface area contributed by atoms with E-state index in [1.807, 2.05) is 0 Å². The van der Waals surface area contributed by atoms with Crippen molar-refractivity contribution in [3.8, 4) is 0 Å². The molecule has 0 spiro atoms. The minimum Gasteiger partial charge on any atom is -0.211 e. The van der Waals surface area contributed by atoms with Crippen molar-refractivity contribution < 1.29 is 4.79 Å². The van der Waals surface area contributed by atoms with Gasteiger partial charge in [0.2, 0.25) is 6.08 Å². The van der Waals surface area contributed by atoms with Crippen molar-refractivity contribution in [2.24, 2.45) is 4.99 Å². The Hall–Kier alpha value is -0.620. The van der Waals surface area contributed by atoms with Crippen LogP contribution < -0.4 is 0 Å². The van der Waals surface area contributed by atoms with Crippen molar-refractivity contribution in [1.29, 1.82) is 0 Å². The Morgan fingerprint density at radius 2 is 2.33 bits per heavy atom. The lowest BCUT2D eigenvalue weighted by Crippen LogP contribution is -2.33. The van der Waals surface area contributed by atoms with E-state index in [1.165, 1.54) is 6.42 Å². The molecule has 9 heavy (non-hydrogen) atoms. The summed E-state index contributed by atoms with van der Waals surface area (Å²) in [6.45, 7) is 2.07. The Morgan fingerprint density at radius 1 is 1.67 bits per heavy atom. The maximum absolute atomic E-state index is 9.88. The summed E-state index contributed by atoms with van der Waals surface area (Å²) in [5, 5.41) is 0. The Bertz CT molecular complexity index is 137. The molecule has 0 radical (unpaired) electrons. The maximum atomic E-state index is 9.88. The van der Waals surface area contributed by atoms with Gasteiger partial charge in [0.25, 0.3) is 0 Å². The summed E-state index contributed by atoms with van der Waals surface area (Å²) < 4.78 is 0. The second-order valence-corrected chi connectivity index (χ2v) is 2.63. The number of isocyanates is 1. The first kappa shape index (κ1) is 6.50. The van der Waals surface area contributed by atoms with Crippen LogP contribution in [-0.4, -0.2) is 11.6 Å². The Morgan fingerprint density at radius 3 is 2.44 bits per heavy atom. The lowest BCUT2D eigenvalue weighted by Gasteiger charge is -2.35. The molecule has 1 fully saturated rings. The molecular weight excluding hydrogens is 114 g/mol. The number of hydrogen-bond donors (Lipinski definition) is 0. The molecule has 50 valence electrons. The van der Waals surface area contributed by atoms with E-state index in [-0.39, 0.29) is 5.54 Å². The molecule has 2 nitrogen and oxygen atoms in total. The highest BCUT2D eigenvalue weighted by Crippen LogP contribution is 2.37. The van der Waals surface area contributed by atoms with Crippen LogP contribution in [0.2, 0.25) is 0 Å². The molecule has 1 saturated carbocycles. The fourth-order valence-corrected chi connectivity index (χ4v) is 1.23. The van der Waals surface area contributed by atoms with Gasteiger partial charge in [-0.05, 0) is 25.7 Å². The van der Waals surface area contributed by atoms with Gasteiger partial charge in [0.15, 0.2) is 0 Å². The highest BCUT2D eigenvalue weighted by Gasteiger charge is 2.34. The van der Waals surface area contributed by atoms with E-state index in [9.17, 15) is 4.79 Å². The van der Waals surface area contributed by atoms with E-state index < -0.39 is 0 Å². The second kappa shape index (κ2) is 2.32. The van der Waals surface area contributed by atoms with Gasteiger partial charge in [0, 0.05) is 0 Å². The van der Waals surface area contributed by atoms with Gasteiger partial charge in [0.05, 0.1) is 5.54 Å². The number of rotatable bonds is 2. The predicted octanol–water partition coefficient (Wildman–Crippen LogP) is 1.65. The SMILES string of the molecule is CCC1(N=C=O)CCC1. The van der Waals surface area contributed by atoms with Crippen molar-refractivity contribution in [3.05, 3.63) is 0 Å². The van der Waals surface area contributed by atoms with E-state index >= 15 is 0 Å². The molecule has 0 amide bonds. The highest BCUT2D eigenvalue weighted by molar-refractivity contribution is 5.35. The van der Waals surface area contributed by atoms with E-state index in [2.05, 4.69) is 11.9 Å². The van der Waals surface area contributed by atoms with Crippen molar-refractivity contribution in [1.82, 2.24) is 0 Å². The van der Waals surface area contributed by atoms with E-state index in [0.29, 0.717) is 0 Å². The summed E-state index contributed by atoms with van der Waals surface area (Å²) in [5.74, 6) is 0. The van der Waals surface area contributed by atoms with Gasteiger partial charge in [-0.1, -0.05) is 6.92 Å². The van der Waals surface area contributed by atoms with Crippen LogP contribution in [0.4, 0.5) is 0 Å². The molecule has 0 aromatic rings. The van der Waals surface area contributed by atoms with Gasteiger partial charge < -0.3 is 0 Å². The minimum atomic E-state index is 0.0156. The summed E-state index contributed by atoms with van der Waals surface area (Å²) in [4.78, 5) is 13.7. The van der Waals surface area contributed by atoms with Gasteiger partial charge >= 0.3 is 0 Å². The van der Waals surface area contributed by atoms with Gasteiger partial charge in [-0.3, -0.25) is 0 Å².